The third-order valence-electron chi connectivity index (χ3n) is 4.54. The van der Waals surface area contributed by atoms with Crippen molar-refractivity contribution in [3.05, 3.63) is 17.5 Å². The van der Waals surface area contributed by atoms with Crippen molar-refractivity contribution in [2.24, 2.45) is 11.8 Å². The average Bonchev–Trinajstić information content (AvgIpc) is 2.91. The SMILES string of the molecule is CCc1cc(CC(=O)C2C(C)OC(C)C2C)n(CC)n1. The second-order valence-electron chi connectivity index (χ2n) is 5.87. The Morgan fingerprint density at radius 3 is 2.50 bits per heavy atom. The molecule has 20 heavy (non-hydrogen) atoms. The standard InChI is InChI=1S/C16H26N2O2/c1-6-13-8-14(18(7-2)17-13)9-15(19)16-10(3)11(4)20-12(16)5/h8,10-12,16H,6-7,9H2,1-5H3. The van der Waals surface area contributed by atoms with Crippen molar-refractivity contribution in [3.63, 3.8) is 0 Å². The molecule has 4 atom stereocenters. The van der Waals surface area contributed by atoms with Gasteiger partial charge in [-0.05, 0) is 39.2 Å². The lowest BCUT2D eigenvalue weighted by Gasteiger charge is -2.17. The fourth-order valence-corrected chi connectivity index (χ4v) is 3.22. The molecule has 4 nitrogen and oxygen atoms in total. The van der Waals surface area contributed by atoms with Gasteiger partial charge in [0.15, 0.2) is 0 Å². The predicted octanol–water partition coefficient (Wildman–Crippen LogP) is 2.64. The Balaban J connectivity index is 2.13. The number of aromatic nitrogens is 2. The van der Waals surface area contributed by atoms with E-state index < -0.39 is 0 Å². The highest BCUT2D eigenvalue weighted by Crippen LogP contribution is 2.33. The van der Waals surface area contributed by atoms with Gasteiger partial charge in [0, 0.05) is 24.6 Å². The summed E-state index contributed by atoms with van der Waals surface area (Å²) < 4.78 is 7.73. The van der Waals surface area contributed by atoms with E-state index in [1.807, 2.05) is 11.6 Å². The zero-order valence-electron chi connectivity index (χ0n) is 13.2. The quantitative estimate of drug-likeness (QED) is 0.831. The first-order valence-electron chi connectivity index (χ1n) is 7.71. The van der Waals surface area contributed by atoms with Crippen LogP contribution in [0.2, 0.25) is 0 Å². The summed E-state index contributed by atoms with van der Waals surface area (Å²) in [4.78, 5) is 12.6. The summed E-state index contributed by atoms with van der Waals surface area (Å²) >= 11 is 0. The smallest absolute Gasteiger partial charge is 0.144 e. The van der Waals surface area contributed by atoms with Gasteiger partial charge in [0.2, 0.25) is 0 Å². The number of hydrogen-bond acceptors (Lipinski definition) is 3. The number of carbonyl (C=O) groups is 1. The molecule has 0 N–H and O–H groups in total. The third kappa shape index (κ3) is 2.80. The number of Topliss-reactive ketones (excluding diaryl/α,β-unsaturated/α-hetero) is 1. The molecule has 1 fully saturated rings. The minimum Gasteiger partial charge on any atom is -0.375 e. The molecule has 0 aliphatic carbocycles. The molecule has 0 radical (unpaired) electrons. The fraction of sp³-hybridized carbons (Fsp3) is 0.750. The highest BCUT2D eigenvalue weighted by Gasteiger charge is 2.41. The lowest BCUT2D eigenvalue weighted by atomic mass is 9.84. The summed E-state index contributed by atoms with van der Waals surface area (Å²) in [5.74, 6) is 0.586. The molecule has 112 valence electrons. The van der Waals surface area contributed by atoms with E-state index in [1.165, 1.54) is 0 Å². The maximum Gasteiger partial charge on any atom is 0.144 e. The Kier molecular flexibility index (Phi) is 4.63. The molecule has 1 aliphatic rings. The summed E-state index contributed by atoms with van der Waals surface area (Å²) in [6.45, 7) is 11.1. The maximum atomic E-state index is 12.6. The third-order valence-corrected chi connectivity index (χ3v) is 4.54. The number of ketones is 1. The van der Waals surface area contributed by atoms with Crippen molar-refractivity contribution < 1.29 is 9.53 Å². The van der Waals surface area contributed by atoms with Crippen LogP contribution in [0.1, 0.15) is 46.0 Å². The number of hydrogen-bond donors (Lipinski definition) is 0. The van der Waals surface area contributed by atoms with Crippen molar-refractivity contribution in [2.45, 2.75) is 66.2 Å². The van der Waals surface area contributed by atoms with Crippen LogP contribution < -0.4 is 0 Å². The summed E-state index contributed by atoms with van der Waals surface area (Å²) in [7, 11) is 0. The monoisotopic (exact) mass is 278 g/mol. The summed E-state index contributed by atoms with van der Waals surface area (Å²) in [5.41, 5.74) is 2.10. The number of ether oxygens (including phenoxy) is 1. The van der Waals surface area contributed by atoms with Crippen molar-refractivity contribution in [2.75, 3.05) is 0 Å². The van der Waals surface area contributed by atoms with Crippen molar-refractivity contribution in [1.82, 2.24) is 9.78 Å². The number of aryl methyl sites for hydroxylation is 2. The molecule has 0 bridgehead atoms. The van der Waals surface area contributed by atoms with E-state index in [9.17, 15) is 4.79 Å². The van der Waals surface area contributed by atoms with Gasteiger partial charge in [-0.1, -0.05) is 13.8 Å². The van der Waals surface area contributed by atoms with Gasteiger partial charge in [0.05, 0.1) is 17.9 Å². The second-order valence-corrected chi connectivity index (χ2v) is 5.87. The van der Waals surface area contributed by atoms with Crippen molar-refractivity contribution >= 4 is 5.78 Å². The molecule has 2 rings (SSSR count). The van der Waals surface area contributed by atoms with E-state index >= 15 is 0 Å². The van der Waals surface area contributed by atoms with Gasteiger partial charge in [0.25, 0.3) is 0 Å². The van der Waals surface area contributed by atoms with Crippen molar-refractivity contribution in [1.29, 1.82) is 0 Å². The number of carbonyl (C=O) groups excluding carboxylic acids is 1. The highest BCUT2D eigenvalue weighted by atomic mass is 16.5. The molecule has 1 aromatic heterocycles. The Hall–Kier alpha value is -1.16. The zero-order valence-corrected chi connectivity index (χ0v) is 13.2. The number of nitrogens with zero attached hydrogens (tertiary/aromatic N) is 2. The van der Waals surface area contributed by atoms with Crippen LogP contribution in [0.15, 0.2) is 6.07 Å². The molecule has 4 heteroatoms. The topological polar surface area (TPSA) is 44.1 Å². The minimum absolute atomic E-state index is 0.00952. The van der Waals surface area contributed by atoms with E-state index in [2.05, 4.69) is 38.9 Å². The summed E-state index contributed by atoms with van der Waals surface area (Å²) in [5, 5.41) is 4.51. The first-order chi connectivity index (χ1) is 9.47. The molecule has 2 heterocycles. The molecular formula is C16H26N2O2. The zero-order chi connectivity index (χ0) is 14.9. The van der Waals surface area contributed by atoms with Gasteiger partial charge in [-0.2, -0.15) is 5.10 Å². The molecule has 0 aromatic carbocycles. The van der Waals surface area contributed by atoms with Gasteiger partial charge in [-0.25, -0.2) is 0 Å². The second kappa shape index (κ2) is 6.08. The first-order valence-corrected chi connectivity index (χ1v) is 7.71. The van der Waals surface area contributed by atoms with Gasteiger partial charge < -0.3 is 4.74 Å². The predicted molar refractivity (Wildman–Crippen MR) is 78.7 cm³/mol. The van der Waals surface area contributed by atoms with Crippen LogP contribution in [0.5, 0.6) is 0 Å². The Morgan fingerprint density at radius 2 is 2.00 bits per heavy atom. The van der Waals surface area contributed by atoms with Crippen LogP contribution in [-0.2, 0) is 28.9 Å². The largest absolute Gasteiger partial charge is 0.375 e. The molecule has 4 unspecified atom stereocenters. The normalized spacial score (nSPS) is 29.9. The Labute approximate surface area is 121 Å². The molecular weight excluding hydrogens is 252 g/mol. The lowest BCUT2D eigenvalue weighted by molar-refractivity contribution is -0.124. The van der Waals surface area contributed by atoms with Crippen LogP contribution in [-0.4, -0.2) is 27.8 Å². The Bertz CT molecular complexity index is 481. The molecule has 0 amide bonds. The maximum absolute atomic E-state index is 12.6. The van der Waals surface area contributed by atoms with Crippen molar-refractivity contribution in [3.8, 4) is 0 Å². The average molecular weight is 278 g/mol. The summed E-state index contributed by atoms with van der Waals surface area (Å²) in [6.07, 6.45) is 1.57. The van der Waals surface area contributed by atoms with E-state index in [1.54, 1.807) is 0 Å². The molecule has 0 saturated carbocycles. The van der Waals surface area contributed by atoms with E-state index in [-0.39, 0.29) is 23.9 Å². The van der Waals surface area contributed by atoms with E-state index in [0.717, 1.165) is 24.4 Å². The summed E-state index contributed by atoms with van der Waals surface area (Å²) in [6, 6.07) is 2.07. The molecule has 1 aliphatic heterocycles. The van der Waals surface area contributed by atoms with Gasteiger partial charge >= 0.3 is 0 Å². The molecule has 1 aromatic rings. The van der Waals surface area contributed by atoms with Gasteiger partial charge in [0.1, 0.15) is 5.78 Å². The van der Waals surface area contributed by atoms with Crippen LogP contribution in [0.4, 0.5) is 0 Å². The highest BCUT2D eigenvalue weighted by molar-refractivity contribution is 5.84. The van der Waals surface area contributed by atoms with Gasteiger partial charge in [-0.15, -0.1) is 0 Å². The van der Waals surface area contributed by atoms with Crippen LogP contribution in [0.3, 0.4) is 0 Å². The minimum atomic E-state index is 0.00952. The first kappa shape index (κ1) is 15.2. The van der Waals surface area contributed by atoms with Gasteiger partial charge in [-0.3, -0.25) is 9.48 Å². The number of rotatable bonds is 5. The van der Waals surface area contributed by atoms with Crippen LogP contribution in [0, 0.1) is 11.8 Å². The Morgan fingerprint density at radius 1 is 1.30 bits per heavy atom. The van der Waals surface area contributed by atoms with Crippen LogP contribution >= 0.6 is 0 Å². The van der Waals surface area contributed by atoms with E-state index in [0.29, 0.717) is 12.3 Å². The van der Waals surface area contributed by atoms with E-state index in [4.69, 9.17) is 4.74 Å². The molecule has 0 spiro atoms. The fourth-order valence-electron chi connectivity index (χ4n) is 3.22. The molecule has 1 saturated heterocycles. The lowest BCUT2D eigenvalue weighted by Crippen LogP contribution is -2.28. The van der Waals surface area contributed by atoms with Crippen LogP contribution in [0.25, 0.3) is 0 Å².